The van der Waals surface area contributed by atoms with Crippen LogP contribution in [0.25, 0.3) is 11.0 Å². The summed E-state index contributed by atoms with van der Waals surface area (Å²) >= 11 is 12.0. The first kappa shape index (κ1) is 14.3. The second kappa shape index (κ2) is 6.00. The number of halogens is 2. The van der Waals surface area contributed by atoms with E-state index >= 15 is 0 Å². The molecule has 0 N–H and O–H groups in total. The highest BCUT2D eigenvalue weighted by Crippen LogP contribution is 2.26. The van der Waals surface area contributed by atoms with Crippen molar-refractivity contribution in [3.63, 3.8) is 0 Å². The molecule has 3 aromatic rings. The molecule has 0 bridgehead atoms. The monoisotopic (exact) mass is 319 g/mol. The third-order valence-corrected chi connectivity index (χ3v) is 4.25. The van der Waals surface area contributed by atoms with E-state index < -0.39 is 0 Å². The molecular formula is C17H15Cl2NO. The number of para-hydroxylation sites is 1. The Morgan fingerprint density at radius 3 is 2.57 bits per heavy atom. The normalized spacial score (nSPS) is 11.0. The van der Waals surface area contributed by atoms with Gasteiger partial charge in [-0.3, -0.25) is 0 Å². The van der Waals surface area contributed by atoms with Crippen LogP contribution >= 0.6 is 23.2 Å². The van der Waals surface area contributed by atoms with Crippen molar-refractivity contribution in [2.24, 2.45) is 0 Å². The molecule has 2 nitrogen and oxygen atoms in total. The van der Waals surface area contributed by atoms with Gasteiger partial charge in [0.1, 0.15) is 5.58 Å². The molecule has 0 amide bonds. The van der Waals surface area contributed by atoms with Gasteiger partial charge < -0.3 is 9.32 Å². The molecule has 0 unspecified atom stereocenters. The van der Waals surface area contributed by atoms with E-state index in [1.54, 1.807) is 0 Å². The molecule has 108 valence electrons. The number of hydrogen-bond acceptors (Lipinski definition) is 2. The van der Waals surface area contributed by atoms with E-state index in [0.717, 1.165) is 35.4 Å². The summed E-state index contributed by atoms with van der Waals surface area (Å²) in [5, 5.41) is 2.31. The summed E-state index contributed by atoms with van der Waals surface area (Å²) < 4.78 is 5.84. The topological polar surface area (TPSA) is 16.4 Å². The average molecular weight is 320 g/mol. The first-order valence-corrected chi connectivity index (χ1v) is 7.53. The van der Waals surface area contributed by atoms with E-state index in [2.05, 4.69) is 17.0 Å². The van der Waals surface area contributed by atoms with Gasteiger partial charge in [-0.1, -0.05) is 47.5 Å². The third-order valence-electron chi connectivity index (χ3n) is 3.51. The van der Waals surface area contributed by atoms with Crippen molar-refractivity contribution in [3.8, 4) is 0 Å². The number of nitrogens with zero attached hydrogens (tertiary/aromatic N) is 1. The molecular weight excluding hydrogens is 305 g/mol. The zero-order chi connectivity index (χ0) is 14.8. The first-order valence-electron chi connectivity index (χ1n) is 6.77. The fourth-order valence-corrected chi connectivity index (χ4v) is 2.58. The van der Waals surface area contributed by atoms with Crippen molar-refractivity contribution < 1.29 is 4.42 Å². The molecule has 4 heteroatoms. The van der Waals surface area contributed by atoms with Crippen molar-refractivity contribution in [2.75, 3.05) is 18.5 Å². The molecule has 0 aliphatic heterocycles. The van der Waals surface area contributed by atoms with Gasteiger partial charge in [-0.05, 0) is 30.2 Å². The van der Waals surface area contributed by atoms with Gasteiger partial charge in [0.25, 0.3) is 0 Å². The van der Waals surface area contributed by atoms with E-state index in [4.69, 9.17) is 27.6 Å². The van der Waals surface area contributed by atoms with Crippen molar-refractivity contribution >= 4 is 40.1 Å². The van der Waals surface area contributed by atoms with Gasteiger partial charge in [-0.15, -0.1) is 0 Å². The minimum Gasteiger partial charge on any atom is -0.441 e. The lowest BCUT2D eigenvalue weighted by Crippen LogP contribution is -2.19. The van der Waals surface area contributed by atoms with Crippen molar-refractivity contribution in [1.82, 2.24) is 0 Å². The van der Waals surface area contributed by atoms with Gasteiger partial charge in [0, 0.05) is 25.0 Å². The molecule has 0 radical (unpaired) electrons. The average Bonchev–Trinajstić information content (AvgIpc) is 2.92. The predicted molar refractivity (Wildman–Crippen MR) is 89.7 cm³/mol. The van der Waals surface area contributed by atoms with Crippen LogP contribution in [0.15, 0.2) is 52.9 Å². The Labute approximate surface area is 133 Å². The Bertz CT molecular complexity index is 733. The standard InChI is InChI=1S/C17H15Cl2NO/c1-20(9-8-12-6-7-14(18)15(19)10-12)17-11-13-4-2-3-5-16(13)21-17/h2-7,10-11H,8-9H2,1H3. The molecule has 0 saturated carbocycles. The second-order valence-corrected chi connectivity index (χ2v) is 5.86. The van der Waals surface area contributed by atoms with Crippen LogP contribution in [0.4, 0.5) is 5.88 Å². The van der Waals surface area contributed by atoms with Gasteiger partial charge in [-0.2, -0.15) is 0 Å². The summed E-state index contributed by atoms with van der Waals surface area (Å²) in [7, 11) is 2.02. The summed E-state index contributed by atoms with van der Waals surface area (Å²) in [5.74, 6) is 0.872. The van der Waals surface area contributed by atoms with Gasteiger partial charge in [0.2, 0.25) is 0 Å². The maximum absolute atomic E-state index is 6.04. The van der Waals surface area contributed by atoms with Crippen LogP contribution in [0.2, 0.25) is 10.0 Å². The summed E-state index contributed by atoms with van der Waals surface area (Å²) in [6, 6.07) is 15.8. The number of hydrogen-bond donors (Lipinski definition) is 0. The van der Waals surface area contributed by atoms with Crippen LogP contribution < -0.4 is 4.90 Å². The van der Waals surface area contributed by atoms with E-state index in [0.29, 0.717) is 10.0 Å². The Balaban J connectivity index is 1.70. The lowest BCUT2D eigenvalue weighted by Gasteiger charge is -2.15. The van der Waals surface area contributed by atoms with Gasteiger partial charge in [0.05, 0.1) is 10.0 Å². The first-order chi connectivity index (χ1) is 10.1. The number of rotatable bonds is 4. The molecule has 0 aliphatic rings. The van der Waals surface area contributed by atoms with E-state index in [1.165, 1.54) is 0 Å². The minimum atomic E-state index is 0.589. The Morgan fingerprint density at radius 2 is 1.81 bits per heavy atom. The highest BCUT2D eigenvalue weighted by Gasteiger charge is 2.08. The highest BCUT2D eigenvalue weighted by atomic mass is 35.5. The molecule has 0 fully saturated rings. The number of anilines is 1. The third kappa shape index (κ3) is 3.17. The van der Waals surface area contributed by atoms with Crippen molar-refractivity contribution in [3.05, 3.63) is 64.1 Å². The highest BCUT2D eigenvalue weighted by molar-refractivity contribution is 6.42. The van der Waals surface area contributed by atoms with Gasteiger partial charge in [0.15, 0.2) is 5.88 Å². The number of benzene rings is 2. The maximum atomic E-state index is 6.04. The lowest BCUT2D eigenvalue weighted by atomic mass is 10.1. The molecule has 21 heavy (non-hydrogen) atoms. The smallest absolute Gasteiger partial charge is 0.196 e. The minimum absolute atomic E-state index is 0.589. The number of furan rings is 1. The van der Waals surface area contributed by atoms with Crippen molar-refractivity contribution in [2.45, 2.75) is 6.42 Å². The zero-order valence-electron chi connectivity index (χ0n) is 11.6. The van der Waals surface area contributed by atoms with Crippen LogP contribution in [0.1, 0.15) is 5.56 Å². The van der Waals surface area contributed by atoms with Crippen LogP contribution in [0, 0.1) is 0 Å². The maximum Gasteiger partial charge on any atom is 0.196 e. The van der Waals surface area contributed by atoms with Crippen molar-refractivity contribution in [1.29, 1.82) is 0 Å². The Morgan fingerprint density at radius 1 is 1.00 bits per heavy atom. The summed E-state index contributed by atoms with van der Waals surface area (Å²) in [5.41, 5.74) is 2.07. The van der Waals surface area contributed by atoms with E-state index in [1.807, 2.05) is 43.4 Å². The molecule has 0 atom stereocenters. The SMILES string of the molecule is CN(CCc1ccc(Cl)c(Cl)c1)c1cc2ccccc2o1. The molecule has 0 aliphatic carbocycles. The quantitative estimate of drug-likeness (QED) is 0.638. The molecule has 0 saturated heterocycles. The van der Waals surface area contributed by atoms with Crippen LogP contribution in [-0.2, 0) is 6.42 Å². The predicted octanol–water partition coefficient (Wildman–Crippen LogP) is 5.42. The lowest BCUT2D eigenvalue weighted by molar-refractivity contribution is 0.596. The summed E-state index contributed by atoms with van der Waals surface area (Å²) in [4.78, 5) is 2.10. The van der Waals surface area contributed by atoms with Crippen LogP contribution in [0.5, 0.6) is 0 Å². The van der Waals surface area contributed by atoms with E-state index in [9.17, 15) is 0 Å². The van der Waals surface area contributed by atoms with Gasteiger partial charge in [-0.25, -0.2) is 0 Å². The molecule has 0 spiro atoms. The fourth-order valence-electron chi connectivity index (χ4n) is 2.26. The zero-order valence-corrected chi connectivity index (χ0v) is 13.2. The number of likely N-dealkylation sites (N-methyl/N-ethyl adjacent to an activating group) is 1. The van der Waals surface area contributed by atoms with E-state index in [-0.39, 0.29) is 0 Å². The van der Waals surface area contributed by atoms with Crippen LogP contribution in [-0.4, -0.2) is 13.6 Å². The molecule has 1 aromatic heterocycles. The largest absolute Gasteiger partial charge is 0.441 e. The summed E-state index contributed by atoms with van der Waals surface area (Å²) in [6.07, 6.45) is 0.879. The molecule has 3 rings (SSSR count). The Hall–Kier alpha value is -1.64. The molecule has 1 heterocycles. The fraction of sp³-hybridized carbons (Fsp3) is 0.176. The summed E-state index contributed by atoms with van der Waals surface area (Å²) in [6.45, 7) is 0.845. The second-order valence-electron chi connectivity index (χ2n) is 5.04. The molecule has 2 aromatic carbocycles. The van der Waals surface area contributed by atoms with Gasteiger partial charge >= 0.3 is 0 Å². The number of fused-ring (bicyclic) bond motifs is 1. The van der Waals surface area contributed by atoms with Crippen LogP contribution in [0.3, 0.4) is 0 Å². The Kier molecular flexibility index (Phi) is 4.09.